The number of carbonyl (C=O) groups is 1. The molecule has 0 aliphatic carbocycles. The van der Waals surface area contributed by atoms with Gasteiger partial charge in [0.1, 0.15) is 5.82 Å². The summed E-state index contributed by atoms with van der Waals surface area (Å²) in [5, 5.41) is 3.36. The van der Waals surface area contributed by atoms with Crippen molar-refractivity contribution in [2.75, 3.05) is 31.1 Å². The Kier molecular flexibility index (Phi) is 16.0. The highest BCUT2D eigenvalue weighted by Crippen LogP contribution is 2.15. The summed E-state index contributed by atoms with van der Waals surface area (Å²) < 4.78 is 0. The van der Waals surface area contributed by atoms with Crippen LogP contribution in [0.5, 0.6) is 0 Å². The zero-order valence-electron chi connectivity index (χ0n) is 16.0. The van der Waals surface area contributed by atoms with Crippen LogP contribution in [-0.2, 0) is 24.1 Å². The Hall–Kier alpha value is -1.28. The van der Waals surface area contributed by atoms with Crippen molar-refractivity contribution < 1.29 is 4.79 Å². The maximum absolute atomic E-state index is 11.3. The number of nitrogens with one attached hydrogen (secondary N) is 2. The Morgan fingerprint density at radius 1 is 0.966 bits per heavy atom. The van der Waals surface area contributed by atoms with Gasteiger partial charge in [0.15, 0.2) is 0 Å². The minimum atomic E-state index is -0.176. The fourth-order valence-corrected chi connectivity index (χ4v) is 3.03. The zero-order valence-corrected chi connectivity index (χ0v) is 19.3. The number of hydrogen-bond donors (Lipinski definition) is 3. The number of benzene rings is 1. The minimum absolute atomic E-state index is 0. The molecule has 1 aromatic heterocycles. The van der Waals surface area contributed by atoms with Crippen LogP contribution in [0.25, 0.3) is 0 Å². The van der Waals surface area contributed by atoms with Crippen molar-refractivity contribution in [3.63, 3.8) is 0 Å². The molecule has 1 saturated heterocycles. The number of halogens is 4. The number of rotatable bonds is 6. The first-order valence-corrected chi connectivity index (χ1v) is 8.72. The van der Waals surface area contributed by atoms with Crippen molar-refractivity contribution in [2.45, 2.75) is 19.3 Å². The highest BCUT2D eigenvalue weighted by molar-refractivity contribution is 5.86. The minimum Gasteiger partial charge on any atom is -0.354 e. The van der Waals surface area contributed by atoms with E-state index in [4.69, 9.17) is 5.84 Å². The summed E-state index contributed by atoms with van der Waals surface area (Å²) in [7, 11) is 0. The van der Waals surface area contributed by atoms with Crippen molar-refractivity contribution in [3.8, 4) is 0 Å². The standard InChI is InChI=1S/C19H25N5O.4ClH/c20-23-19(25)14-16-4-1-15(2-5-16)3-6-17-7-8-22-18(13-17)24-11-9-21-10-12-24;;;;/h1-2,4-5,7-8,13,21H,3,6,9-12,14,20H2,(H,23,25);4*1H. The van der Waals surface area contributed by atoms with Crippen LogP contribution >= 0.6 is 49.6 Å². The van der Waals surface area contributed by atoms with Gasteiger partial charge < -0.3 is 10.2 Å². The third kappa shape index (κ3) is 9.38. The Morgan fingerprint density at radius 3 is 2.17 bits per heavy atom. The van der Waals surface area contributed by atoms with Crippen LogP contribution in [0.1, 0.15) is 16.7 Å². The molecule has 6 nitrogen and oxygen atoms in total. The lowest BCUT2D eigenvalue weighted by Crippen LogP contribution is -2.43. The third-order valence-electron chi connectivity index (χ3n) is 4.50. The number of nitrogens with zero attached hydrogens (tertiary/aromatic N) is 2. The molecule has 2 aromatic rings. The second-order valence-corrected chi connectivity index (χ2v) is 6.32. The number of piperazine rings is 1. The largest absolute Gasteiger partial charge is 0.354 e. The van der Waals surface area contributed by atoms with Crippen LogP contribution in [0.15, 0.2) is 42.6 Å². The molecular formula is C19H29Cl4N5O. The molecular weight excluding hydrogens is 456 g/mol. The molecule has 0 bridgehead atoms. The molecule has 10 heteroatoms. The molecule has 0 spiro atoms. The zero-order chi connectivity index (χ0) is 17.5. The summed E-state index contributed by atoms with van der Waals surface area (Å²) in [5.74, 6) is 6.01. The Labute approximate surface area is 197 Å². The first-order chi connectivity index (χ1) is 12.2. The molecule has 4 N–H and O–H groups in total. The van der Waals surface area contributed by atoms with Gasteiger partial charge in [-0.15, -0.1) is 49.6 Å². The Morgan fingerprint density at radius 2 is 1.55 bits per heavy atom. The van der Waals surface area contributed by atoms with E-state index in [1.54, 1.807) is 0 Å². The molecule has 1 aliphatic heterocycles. The number of amides is 1. The van der Waals surface area contributed by atoms with E-state index in [1.807, 2.05) is 18.3 Å². The smallest absolute Gasteiger partial charge is 0.238 e. The van der Waals surface area contributed by atoms with Crippen LogP contribution in [0.4, 0.5) is 5.82 Å². The predicted octanol–water partition coefficient (Wildman–Crippen LogP) is 2.50. The van der Waals surface area contributed by atoms with Gasteiger partial charge in [-0.2, -0.15) is 0 Å². The lowest BCUT2D eigenvalue weighted by Gasteiger charge is -2.28. The number of hydrazine groups is 1. The summed E-state index contributed by atoms with van der Waals surface area (Å²) in [6.07, 6.45) is 4.16. The number of hydrogen-bond acceptors (Lipinski definition) is 5. The molecule has 0 saturated carbocycles. The summed E-state index contributed by atoms with van der Waals surface area (Å²) >= 11 is 0. The quantitative estimate of drug-likeness (QED) is 0.333. The molecule has 0 unspecified atom stereocenters. The summed E-state index contributed by atoms with van der Waals surface area (Å²) in [5.41, 5.74) is 5.69. The normalized spacial score (nSPS) is 12.4. The van der Waals surface area contributed by atoms with E-state index in [-0.39, 0.29) is 55.5 Å². The maximum Gasteiger partial charge on any atom is 0.238 e. The van der Waals surface area contributed by atoms with Crippen LogP contribution < -0.4 is 21.5 Å². The number of nitrogens with two attached hydrogens (primary N) is 1. The van der Waals surface area contributed by atoms with Crippen molar-refractivity contribution in [3.05, 3.63) is 59.3 Å². The number of aromatic nitrogens is 1. The van der Waals surface area contributed by atoms with Crippen molar-refractivity contribution in [1.29, 1.82) is 0 Å². The van der Waals surface area contributed by atoms with Gasteiger partial charge in [0.2, 0.25) is 5.91 Å². The summed E-state index contributed by atoms with van der Waals surface area (Å²) in [6.45, 7) is 4.05. The molecule has 164 valence electrons. The Bertz CT molecular complexity index is 712. The topological polar surface area (TPSA) is 83.3 Å². The number of aryl methyl sites for hydroxylation is 2. The molecule has 29 heavy (non-hydrogen) atoms. The van der Waals surface area contributed by atoms with Gasteiger partial charge in [-0.1, -0.05) is 24.3 Å². The van der Waals surface area contributed by atoms with Crippen LogP contribution in [0.2, 0.25) is 0 Å². The molecule has 3 rings (SSSR count). The van der Waals surface area contributed by atoms with Crippen molar-refractivity contribution in [2.24, 2.45) is 5.84 Å². The number of pyridine rings is 1. The first kappa shape index (κ1) is 29.9. The lowest BCUT2D eigenvalue weighted by atomic mass is 10.0. The van der Waals surface area contributed by atoms with E-state index in [1.165, 1.54) is 11.1 Å². The second kappa shape index (κ2) is 15.5. The van der Waals surface area contributed by atoms with E-state index in [0.717, 1.165) is 50.4 Å². The van der Waals surface area contributed by atoms with Gasteiger partial charge in [-0.05, 0) is 41.7 Å². The predicted molar refractivity (Wildman–Crippen MR) is 128 cm³/mol. The molecule has 1 fully saturated rings. The van der Waals surface area contributed by atoms with E-state index in [2.05, 4.69) is 44.9 Å². The highest BCUT2D eigenvalue weighted by Gasteiger charge is 2.11. The molecule has 1 aromatic carbocycles. The first-order valence-electron chi connectivity index (χ1n) is 8.72. The second-order valence-electron chi connectivity index (χ2n) is 6.32. The fraction of sp³-hybridized carbons (Fsp3) is 0.368. The van der Waals surface area contributed by atoms with Gasteiger partial charge in [0.25, 0.3) is 0 Å². The van der Waals surface area contributed by atoms with E-state index in [9.17, 15) is 4.79 Å². The van der Waals surface area contributed by atoms with Crippen LogP contribution in [0, 0.1) is 0 Å². The van der Waals surface area contributed by atoms with Crippen molar-refractivity contribution in [1.82, 2.24) is 15.7 Å². The summed E-state index contributed by atoms with van der Waals surface area (Å²) in [4.78, 5) is 18.1. The molecule has 2 heterocycles. The summed E-state index contributed by atoms with van der Waals surface area (Å²) in [6, 6.07) is 12.4. The van der Waals surface area contributed by atoms with Crippen LogP contribution in [-0.4, -0.2) is 37.1 Å². The van der Waals surface area contributed by atoms with Crippen molar-refractivity contribution >= 4 is 61.4 Å². The van der Waals surface area contributed by atoms with Gasteiger partial charge in [-0.25, -0.2) is 10.8 Å². The van der Waals surface area contributed by atoms with E-state index >= 15 is 0 Å². The number of carbonyl (C=O) groups excluding carboxylic acids is 1. The lowest BCUT2D eigenvalue weighted by molar-refractivity contribution is -0.120. The Balaban J connectivity index is 0. The van der Waals surface area contributed by atoms with E-state index < -0.39 is 0 Å². The van der Waals surface area contributed by atoms with Gasteiger partial charge >= 0.3 is 0 Å². The van der Waals surface area contributed by atoms with Gasteiger partial charge in [0.05, 0.1) is 6.42 Å². The fourth-order valence-electron chi connectivity index (χ4n) is 3.03. The van der Waals surface area contributed by atoms with Crippen LogP contribution in [0.3, 0.4) is 0 Å². The molecule has 1 amide bonds. The highest BCUT2D eigenvalue weighted by atomic mass is 35.5. The maximum atomic E-state index is 11.3. The average molecular weight is 485 g/mol. The monoisotopic (exact) mass is 483 g/mol. The SMILES string of the molecule is Cl.Cl.Cl.Cl.NNC(=O)Cc1ccc(CCc2ccnc(N3CCNCC3)c2)cc1. The average Bonchev–Trinajstić information content (AvgIpc) is 2.68. The molecule has 1 aliphatic rings. The number of anilines is 1. The molecule has 0 atom stereocenters. The van der Waals surface area contributed by atoms with E-state index in [0.29, 0.717) is 6.42 Å². The van der Waals surface area contributed by atoms with Gasteiger partial charge in [0, 0.05) is 32.4 Å². The third-order valence-corrected chi connectivity index (χ3v) is 4.50. The molecule has 0 radical (unpaired) electrons. The van der Waals surface area contributed by atoms with Gasteiger partial charge in [-0.3, -0.25) is 10.2 Å².